The van der Waals surface area contributed by atoms with Crippen LogP contribution in [0.1, 0.15) is 48.2 Å². The highest BCUT2D eigenvalue weighted by Gasteiger charge is 2.30. The average molecular weight is 360 g/mol. The maximum atomic E-state index is 12.4. The minimum Gasteiger partial charge on any atom is -0.294 e. The van der Waals surface area contributed by atoms with Crippen LogP contribution in [0.25, 0.3) is 0 Å². The molecule has 0 radical (unpaired) electrons. The van der Waals surface area contributed by atoms with Crippen LogP contribution in [0.4, 0.5) is 0 Å². The van der Waals surface area contributed by atoms with Gasteiger partial charge in [0.1, 0.15) is 0 Å². The molecule has 0 saturated heterocycles. The quantitative estimate of drug-likeness (QED) is 0.591. The van der Waals surface area contributed by atoms with Gasteiger partial charge in [0, 0.05) is 20.9 Å². The van der Waals surface area contributed by atoms with E-state index in [4.69, 9.17) is 0 Å². The molecule has 1 aliphatic rings. The van der Waals surface area contributed by atoms with E-state index in [1.54, 1.807) is 0 Å². The minimum absolute atomic E-state index is 0.100. The summed E-state index contributed by atoms with van der Waals surface area (Å²) in [6, 6.07) is 2.09. The molecule has 1 aliphatic carbocycles. The SMILES string of the molecule is Cc1cc(Br)c2c(c1Br)C(=O)CC(C)(C)CC2. The van der Waals surface area contributed by atoms with Crippen molar-refractivity contribution in [2.45, 2.75) is 40.0 Å². The van der Waals surface area contributed by atoms with Gasteiger partial charge in [-0.1, -0.05) is 29.8 Å². The van der Waals surface area contributed by atoms with Crippen LogP contribution in [0.2, 0.25) is 0 Å². The lowest BCUT2D eigenvalue weighted by Gasteiger charge is -2.20. The van der Waals surface area contributed by atoms with E-state index in [1.807, 2.05) is 6.92 Å². The van der Waals surface area contributed by atoms with Gasteiger partial charge < -0.3 is 0 Å². The van der Waals surface area contributed by atoms with E-state index in [2.05, 4.69) is 51.8 Å². The Morgan fingerprint density at radius 3 is 2.59 bits per heavy atom. The van der Waals surface area contributed by atoms with Crippen molar-refractivity contribution in [1.29, 1.82) is 0 Å². The number of hydrogen-bond acceptors (Lipinski definition) is 1. The molecule has 1 aromatic rings. The number of Topliss-reactive ketones (excluding diaryl/α,β-unsaturated/α-hetero) is 1. The molecule has 1 aromatic carbocycles. The standard InChI is InChI=1S/C14H16Br2O/c1-8-6-10(15)9-4-5-14(2,3)7-11(17)12(9)13(8)16/h6H,4-5,7H2,1-3H3. The molecule has 0 aliphatic heterocycles. The fourth-order valence-corrected chi connectivity index (χ4v) is 3.71. The fourth-order valence-electron chi connectivity index (χ4n) is 2.40. The summed E-state index contributed by atoms with van der Waals surface area (Å²) in [5.41, 5.74) is 3.27. The van der Waals surface area contributed by atoms with E-state index in [1.165, 1.54) is 0 Å². The second-order valence-electron chi connectivity index (χ2n) is 5.61. The molecule has 0 bridgehead atoms. The minimum atomic E-state index is 0.100. The van der Waals surface area contributed by atoms with Crippen LogP contribution < -0.4 is 0 Å². The predicted molar refractivity (Wildman–Crippen MR) is 77.6 cm³/mol. The number of ketones is 1. The second-order valence-corrected chi connectivity index (χ2v) is 7.25. The number of aryl methyl sites for hydroxylation is 1. The Labute approximate surface area is 119 Å². The van der Waals surface area contributed by atoms with E-state index < -0.39 is 0 Å². The number of carbonyl (C=O) groups excluding carboxylic acids is 1. The molecule has 2 rings (SSSR count). The average Bonchev–Trinajstić information content (AvgIpc) is 2.31. The van der Waals surface area contributed by atoms with Gasteiger partial charge in [0.15, 0.2) is 5.78 Å². The number of halogens is 2. The summed E-state index contributed by atoms with van der Waals surface area (Å²) in [6.45, 7) is 6.37. The van der Waals surface area contributed by atoms with E-state index in [9.17, 15) is 4.79 Å². The summed E-state index contributed by atoms with van der Waals surface area (Å²) in [4.78, 5) is 12.4. The van der Waals surface area contributed by atoms with Crippen LogP contribution in [0, 0.1) is 12.3 Å². The van der Waals surface area contributed by atoms with Crippen molar-refractivity contribution in [3.63, 3.8) is 0 Å². The zero-order valence-electron chi connectivity index (χ0n) is 10.4. The van der Waals surface area contributed by atoms with E-state index in [0.717, 1.165) is 38.5 Å². The summed E-state index contributed by atoms with van der Waals surface area (Å²) >= 11 is 7.16. The molecule has 17 heavy (non-hydrogen) atoms. The van der Waals surface area contributed by atoms with Crippen molar-refractivity contribution in [3.8, 4) is 0 Å². The molecule has 0 atom stereocenters. The molecule has 0 saturated carbocycles. The predicted octanol–water partition coefficient (Wildman–Crippen LogP) is 5.07. The lowest BCUT2D eigenvalue weighted by Crippen LogP contribution is -2.15. The van der Waals surface area contributed by atoms with Gasteiger partial charge in [0.25, 0.3) is 0 Å². The lowest BCUT2D eigenvalue weighted by atomic mass is 9.84. The Bertz CT molecular complexity index is 489. The number of fused-ring (bicyclic) bond motifs is 1. The number of hydrogen-bond donors (Lipinski definition) is 0. The molecule has 0 N–H and O–H groups in total. The molecule has 92 valence electrons. The Morgan fingerprint density at radius 1 is 1.29 bits per heavy atom. The lowest BCUT2D eigenvalue weighted by molar-refractivity contribution is 0.0933. The number of carbonyl (C=O) groups is 1. The zero-order chi connectivity index (χ0) is 12.8. The van der Waals surface area contributed by atoms with Gasteiger partial charge in [-0.2, -0.15) is 0 Å². The Hall–Kier alpha value is -0.150. The molecule has 0 unspecified atom stereocenters. The molecule has 0 heterocycles. The first-order valence-corrected chi connectivity index (χ1v) is 7.41. The summed E-state index contributed by atoms with van der Waals surface area (Å²) in [5, 5.41) is 0. The molecular formula is C14H16Br2O. The third kappa shape index (κ3) is 2.50. The van der Waals surface area contributed by atoms with Gasteiger partial charge in [-0.15, -0.1) is 0 Å². The van der Waals surface area contributed by atoms with Crippen LogP contribution >= 0.6 is 31.9 Å². The van der Waals surface area contributed by atoms with Gasteiger partial charge in [0.2, 0.25) is 0 Å². The normalized spacial score (nSPS) is 18.8. The number of rotatable bonds is 0. The Kier molecular flexibility index (Phi) is 3.52. The zero-order valence-corrected chi connectivity index (χ0v) is 13.5. The molecular weight excluding hydrogens is 344 g/mol. The van der Waals surface area contributed by atoms with Gasteiger partial charge in [-0.25, -0.2) is 0 Å². The first-order chi connectivity index (χ1) is 7.82. The van der Waals surface area contributed by atoms with Crippen molar-refractivity contribution >= 4 is 37.6 Å². The van der Waals surface area contributed by atoms with Crippen LogP contribution in [0.5, 0.6) is 0 Å². The highest BCUT2D eigenvalue weighted by Crippen LogP contribution is 2.40. The smallest absolute Gasteiger partial charge is 0.164 e. The van der Waals surface area contributed by atoms with E-state index >= 15 is 0 Å². The van der Waals surface area contributed by atoms with Gasteiger partial charge in [-0.05, 0) is 58.3 Å². The number of benzene rings is 1. The topological polar surface area (TPSA) is 17.1 Å². The van der Waals surface area contributed by atoms with Gasteiger partial charge in [-0.3, -0.25) is 4.79 Å². The summed E-state index contributed by atoms with van der Waals surface area (Å²) < 4.78 is 2.04. The molecule has 0 spiro atoms. The summed E-state index contributed by atoms with van der Waals surface area (Å²) in [7, 11) is 0. The van der Waals surface area contributed by atoms with Gasteiger partial charge in [0.05, 0.1) is 0 Å². The Balaban J connectivity index is 2.63. The highest BCUT2D eigenvalue weighted by atomic mass is 79.9. The summed E-state index contributed by atoms with van der Waals surface area (Å²) in [6.07, 6.45) is 2.65. The third-order valence-corrected chi connectivity index (χ3v) is 5.20. The first kappa shape index (κ1) is 13.3. The highest BCUT2D eigenvalue weighted by molar-refractivity contribution is 9.11. The molecule has 0 aromatic heterocycles. The van der Waals surface area contributed by atoms with E-state index in [0.29, 0.717) is 6.42 Å². The van der Waals surface area contributed by atoms with Crippen molar-refractivity contribution in [2.24, 2.45) is 5.41 Å². The van der Waals surface area contributed by atoms with Crippen molar-refractivity contribution in [3.05, 3.63) is 31.7 Å². The molecule has 1 nitrogen and oxygen atoms in total. The summed E-state index contributed by atoms with van der Waals surface area (Å²) in [5.74, 6) is 0.263. The van der Waals surface area contributed by atoms with Crippen LogP contribution in [-0.2, 0) is 6.42 Å². The van der Waals surface area contributed by atoms with Crippen molar-refractivity contribution < 1.29 is 4.79 Å². The van der Waals surface area contributed by atoms with Crippen LogP contribution in [0.15, 0.2) is 15.0 Å². The monoisotopic (exact) mass is 358 g/mol. The second kappa shape index (κ2) is 4.51. The molecule has 0 amide bonds. The van der Waals surface area contributed by atoms with Gasteiger partial charge >= 0.3 is 0 Å². The van der Waals surface area contributed by atoms with Crippen LogP contribution in [0.3, 0.4) is 0 Å². The largest absolute Gasteiger partial charge is 0.294 e. The van der Waals surface area contributed by atoms with Crippen molar-refractivity contribution in [2.75, 3.05) is 0 Å². The molecule has 0 fully saturated rings. The Morgan fingerprint density at radius 2 is 1.94 bits per heavy atom. The first-order valence-electron chi connectivity index (χ1n) is 5.82. The fraction of sp³-hybridized carbons (Fsp3) is 0.500. The van der Waals surface area contributed by atoms with E-state index in [-0.39, 0.29) is 11.2 Å². The maximum absolute atomic E-state index is 12.4. The maximum Gasteiger partial charge on any atom is 0.164 e. The molecule has 3 heteroatoms. The van der Waals surface area contributed by atoms with Crippen molar-refractivity contribution in [1.82, 2.24) is 0 Å². The van der Waals surface area contributed by atoms with Crippen LogP contribution in [-0.4, -0.2) is 5.78 Å². The third-order valence-electron chi connectivity index (χ3n) is 3.47.